The van der Waals surface area contributed by atoms with Gasteiger partial charge in [-0.3, -0.25) is 9.59 Å². The van der Waals surface area contributed by atoms with Gasteiger partial charge < -0.3 is 8.37 Å². The molecular weight excluding hydrogens is 228 g/mol. The van der Waals surface area contributed by atoms with E-state index >= 15 is 0 Å². The van der Waals surface area contributed by atoms with E-state index in [2.05, 4.69) is 8.37 Å². The molecular formula is C11H12O4S. The lowest BCUT2D eigenvalue weighted by Crippen LogP contribution is -2.02. The van der Waals surface area contributed by atoms with Gasteiger partial charge in [-0.25, -0.2) is 0 Å². The Balaban J connectivity index is 2.18. The van der Waals surface area contributed by atoms with Gasteiger partial charge in [0.25, 0.3) is 12.3 Å². The zero-order valence-corrected chi connectivity index (χ0v) is 9.66. The molecule has 0 N–H and O–H groups in total. The fourth-order valence-corrected chi connectivity index (χ4v) is 1.32. The molecule has 0 heterocycles. The Labute approximate surface area is 98.3 Å². The second kappa shape index (κ2) is 6.90. The van der Waals surface area contributed by atoms with Crippen molar-refractivity contribution in [1.82, 2.24) is 0 Å². The SMILES string of the molecule is CC(=O)OSOC(=O)CCc1ccccc1. The molecule has 0 aliphatic rings. The Bertz CT molecular complexity index is 350. The van der Waals surface area contributed by atoms with E-state index in [9.17, 15) is 9.59 Å². The van der Waals surface area contributed by atoms with E-state index in [1.165, 1.54) is 6.92 Å². The van der Waals surface area contributed by atoms with Crippen molar-refractivity contribution in [2.24, 2.45) is 0 Å². The van der Waals surface area contributed by atoms with Crippen molar-refractivity contribution < 1.29 is 18.0 Å². The third-order valence-corrected chi connectivity index (χ3v) is 2.30. The average Bonchev–Trinajstić information content (AvgIpc) is 2.27. The number of carbonyl (C=O) groups is 2. The lowest BCUT2D eigenvalue weighted by atomic mass is 10.1. The summed E-state index contributed by atoms with van der Waals surface area (Å²) in [6.07, 6.45) is 0.874. The van der Waals surface area contributed by atoms with Gasteiger partial charge in [0.05, 0.1) is 6.42 Å². The van der Waals surface area contributed by atoms with Gasteiger partial charge in [0.15, 0.2) is 0 Å². The van der Waals surface area contributed by atoms with E-state index in [4.69, 9.17) is 0 Å². The van der Waals surface area contributed by atoms with Crippen LogP contribution in [0.4, 0.5) is 0 Å². The molecule has 1 aromatic rings. The largest absolute Gasteiger partial charge is 0.355 e. The van der Waals surface area contributed by atoms with E-state index in [1.807, 2.05) is 30.3 Å². The van der Waals surface area contributed by atoms with Gasteiger partial charge in [0.2, 0.25) is 0 Å². The number of carbonyl (C=O) groups excluding carboxylic acids is 2. The van der Waals surface area contributed by atoms with E-state index in [0.29, 0.717) is 18.7 Å². The van der Waals surface area contributed by atoms with Gasteiger partial charge in [-0.2, -0.15) is 0 Å². The van der Waals surface area contributed by atoms with Crippen LogP contribution in [0.25, 0.3) is 0 Å². The number of hydrogen-bond donors (Lipinski definition) is 0. The molecule has 0 radical (unpaired) electrons. The topological polar surface area (TPSA) is 52.6 Å². The first kappa shape index (κ1) is 12.6. The molecule has 86 valence electrons. The molecule has 0 saturated heterocycles. The molecule has 0 aliphatic heterocycles. The molecule has 0 saturated carbocycles. The van der Waals surface area contributed by atoms with Crippen molar-refractivity contribution >= 4 is 24.3 Å². The highest BCUT2D eigenvalue weighted by atomic mass is 32.2. The zero-order valence-electron chi connectivity index (χ0n) is 8.84. The second-order valence-electron chi connectivity index (χ2n) is 3.08. The summed E-state index contributed by atoms with van der Waals surface area (Å²) < 4.78 is 9.01. The van der Waals surface area contributed by atoms with Crippen LogP contribution < -0.4 is 0 Å². The lowest BCUT2D eigenvalue weighted by Gasteiger charge is -2.01. The van der Waals surface area contributed by atoms with Crippen LogP contribution >= 0.6 is 12.3 Å². The van der Waals surface area contributed by atoms with Gasteiger partial charge in [0.1, 0.15) is 0 Å². The smallest absolute Gasteiger partial charge is 0.321 e. The summed E-state index contributed by atoms with van der Waals surface area (Å²) >= 11 is 0.406. The van der Waals surface area contributed by atoms with Gasteiger partial charge in [-0.15, -0.1) is 0 Å². The molecule has 1 aromatic carbocycles. The summed E-state index contributed by atoms with van der Waals surface area (Å²) in [4.78, 5) is 21.5. The van der Waals surface area contributed by atoms with Gasteiger partial charge in [0, 0.05) is 6.92 Å². The minimum Gasteiger partial charge on any atom is -0.355 e. The number of hydrogen-bond acceptors (Lipinski definition) is 5. The summed E-state index contributed by atoms with van der Waals surface area (Å²) in [5.41, 5.74) is 1.07. The highest BCUT2D eigenvalue weighted by molar-refractivity contribution is 7.90. The standard InChI is InChI=1S/C11H12O4S/c1-9(12)14-16-15-11(13)8-7-10-5-3-2-4-6-10/h2-6H,7-8H2,1H3. The summed E-state index contributed by atoms with van der Waals surface area (Å²) in [6.45, 7) is 1.24. The molecule has 0 spiro atoms. The van der Waals surface area contributed by atoms with Crippen LogP contribution in [0, 0.1) is 0 Å². The predicted molar refractivity (Wildman–Crippen MR) is 60.2 cm³/mol. The quantitative estimate of drug-likeness (QED) is 0.739. The molecule has 5 heteroatoms. The van der Waals surface area contributed by atoms with Crippen LogP contribution in [0.1, 0.15) is 18.9 Å². The van der Waals surface area contributed by atoms with E-state index < -0.39 is 11.9 Å². The third kappa shape index (κ3) is 5.41. The third-order valence-electron chi connectivity index (χ3n) is 1.74. The molecule has 1 rings (SSSR count). The molecule has 16 heavy (non-hydrogen) atoms. The molecule has 0 bridgehead atoms. The first-order valence-electron chi connectivity index (χ1n) is 4.77. The maximum Gasteiger partial charge on any atom is 0.321 e. The second-order valence-corrected chi connectivity index (χ2v) is 3.55. The highest BCUT2D eigenvalue weighted by Gasteiger charge is 2.06. The average molecular weight is 240 g/mol. The number of rotatable bonds is 5. The molecule has 4 nitrogen and oxygen atoms in total. The van der Waals surface area contributed by atoms with Crippen LogP contribution in [-0.4, -0.2) is 11.9 Å². The van der Waals surface area contributed by atoms with Gasteiger partial charge >= 0.3 is 11.9 Å². The zero-order chi connectivity index (χ0) is 11.8. The Kier molecular flexibility index (Phi) is 5.42. The van der Waals surface area contributed by atoms with Gasteiger partial charge in [-0.1, -0.05) is 30.3 Å². The fraction of sp³-hybridized carbons (Fsp3) is 0.273. The number of benzene rings is 1. The highest BCUT2D eigenvalue weighted by Crippen LogP contribution is 2.09. The Morgan fingerprint density at radius 3 is 2.50 bits per heavy atom. The molecule has 0 unspecified atom stereocenters. The Hall–Kier alpha value is -1.49. The van der Waals surface area contributed by atoms with Crippen LogP contribution in [0.15, 0.2) is 30.3 Å². The van der Waals surface area contributed by atoms with Crippen LogP contribution in [0.3, 0.4) is 0 Å². The predicted octanol–water partition coefficient (Wildman–Crippen LogP) is 2.29. The summed E-state index contributed by atoms with van der Waals surface area (Å²) in [5.74, 6) is -0.907. The van der Waals surface area contributed by atoms with E-state index in [0.717, 1.165) is 5.56 Å². The van der Waals surface area contributed by atoms with Crippen molar-refractivity contribution in [3.05, 3.63) is 35.9 Å². The first-order chi connectivity index (χ1) is 7.68. The normalized spacial score (nSPS) is 9.56. The lowest BCUT2D eigenvalue weighted by molar-refractivity contribution is -0.134. The first-order valence-corrected chi connectivity index (χ1v) is 5.43. The van der Waals surface area contributed by atoms with Crippen molar-refractivity contribution in [2.45, 2.75) is 19.8 Å². The monoisotopic (exact) mass is 240 g/mol. The maximum absolute atomic E-state index is 11.2. The van der Waals surface area contributed by atoms with E-state index in [1.54, 1.807) is 0 Å². The van der Waals surface area contributed by atoms with E-state index in [-0.39, 0.29) is 6.42 Å². The fourth-order valence-electron chi connectivity index (χ4n) is 1.04. The summed E-state index contributed by atoms with van der Waals surface area (Å²) in [5, 5.41) is 0. The van der Waals surface area contributed by atoms with Crippen molar-refractivity contribution in [3.63, 3.8) is 0 Å². The van der Waals surface area contributed by atoms with Crippen molar-refractivity contribution in [2.75, 3.05) is 0 Å². The molecule has 0 fully saturated rings. The minimum absolute atomic E-state index is 0.262. The van der Waals surface area contributed by atoms with Crippen molar-refractivity contribution in [1.29, 1.82) is 0 Å². The van der Waals surface area contributed by atoms with Crippen LogP contribution in [0.2, 0.25) is 0 Å². The van der Waals surface area contributed by atoms with Crippen molar-refractivity contribution in [3.8, 4) is 0 Å². The summed E-state index contributed by atoms with van der Waals surface area (Å²) in [6, 6.07) is 9.61. The van der Waals surface area contributed by atoms with Crippen LogP contribution in [0.5, 0.6) is 0 Å². The molecule has 0 aliphatic carbocycles. The Morgan fingerprint density at radius 2 is 1.88 bits per heavy atom. The van der Waals surface area contributed by atoms with Gasteiger partial charge in [-0.05, 0) is 12.0 Å². The molecule has 0 aromatic heterocycles. The summed E-state index contributed by atoms with van der Waals surface area (Å²) in [7, 11) is 0. The number of aryl methyl sites for hydroxylation is 1. The minimum atomic E-state index is -0.499. The van der Waals surface area contributed by atoms with Crippen LogP contribution in [-0.2, 0) is 24.4 Å². The molecule has 0 atom stereocenters. The Morgan fingerprint density at radius 1 is 1.19 bits per heavy atom. The maximum atomic E-state index is 11.2. The molecule has 0 amide bonds.